The number of hydrogen-bond acceptors (Lipinski definition) is 5. The van der Waals surface area contributed by atoms with Gasteiger partial charge in [-0.25, -0.2) is 14.3 Å². The molecule has 0 N–H and O–H groups in total. The van der Waals surface area contributed by atoms with Crippen molar-refractivity contribution in [3.05, 3.63) is 28.2 Å². The Kier molecular flexibility index (Phi) is 2.47. The van der Waals surface area contributed by atoms with E-state index in [1.165, 1.54) is 16.8 Å². The molecule has 2 rings (SSSR count). The summed E-state index contributed by atoms with van der Waals surface area (Å²) in [5.41, 5.74) is -0.0652. The number of ether oxygens (including phenoxy) is 1. The van der Waals surface area contributed by atoms with Crippen LogP contribution in [0.2, 0.25) is 0 Å². The van der Waals surface area contributed by atoms with E-state index in [2.05, 4.69) is 5.10 Å². The lowest BCUT2D eigenvalue weighted by molar-refractivity contribution is 0.0521. The van der Waals surface area contributed by atoms with Crippen LogP contribution in [0.15, 0.2) is 21.3 Å². The summed E-state index contributed by atoms with van der Waals surface area (Å²) in [7, 11) is 1.59. The van der Waals surface area contributed by atoms with Crippen LogP contribution in [0, 0.1) is 0 Å². The minimum Gasteiger partial charge on any atom is -0.461 e. The Balaban J connectivity index is 2.64. The van der Waals surface area contributed by atoms with Crippen LogP contribution in [0.1, 0.15) is 17.4 Å². The molecule has 0 saturated carbocycles. The number of esters is 1. The molecule has 16 heavy (non-hydrogen) atoms. The number of carbonyl (C=O) groups is 1. The third-order valence-corrected chi connectivity index (χ3v) is 2.08. The van der Waals surface area contributed by atoms with Gasteiger partial charge in [0.2, 0.25) is 5.71 Å². The predicted octanol–water partition coefficient (Wildman–Crippen LogP) is 0.703. The summed E-state index contributed by atoms with van der Waals surface area (Å²) in [5.74, 6) is -0.526. The van der Waals surface area contributed by atoms with Gasteiger partial charge in [-0.05, 0) is 13.0 Å². The van der Waals surface area contributed by atoms with Crippen molar-refractivity contribution >= 4 is 17.1 Å². The third-order valence-electron chi connectivity index (χ3n) is 2.08. The Morgan fingerprint density at radius 3 is 3.00 bits per heavy atom. The fraction of sp³-hybridized carbons (Fsp3) is 0.300. The maximum atomic E-state index is 11.5. The minimum atomic E-state index is -0.526. The summed E-state index contributed by atoms with van der Waals surface area (Å²) >= 11 is 0. The van der Waals surface area contributed by atoms with E-state index >= 15 is 0 Å². The largest absolute Gasteiger partial charge is 0.461 e. The standard InChI is InChI=1S/C10H10N2O4/c1-3-15-10(14)8-6-4-5-7(13)16-9(6)12(2)11-8/h4-5H,3H2,1-2H3. The lowest BCUT2D eigenvalue weighted by Gasteiger charge is -1.96. The van der Waals surface area contributed by atoms with Gasteiger partial charge in [-0.3, -0.25) is 0 Å². The highest BCUT2D eigenvalue weighted by Gasteiger charge is 2.18. The van der Waals surface area contributed by atoms with E-state index in [9.17, 15) is 9.59 Å². The Morgan fingerprint density at radius 2 is 2.31 bits per heavy atom. The number of nitrogens with zero attached hydrogens (tertiary/aromatic N) is 2. The monoisotopic (exact) mass is 222 g/mol. The Labute approximate surface area is 90.4 Å². The third kappa shape index (κ3) is 1.58. The van der Waals surface area contributed by atoms with E-state index in [1.807, 2.05) is 0 Å². The average Bonchev–Trinajstić information content (AvgIpc) is 2.56. The quantitative estimate of drug-likeness (QED) is 0.699. The van der Waals surface area contributed by atoms with Crippen molar-refractivity contribution in [2.45, 2.75) is 6.92 Å². The van der Waals surface area contributed by atoms with E-state index in [0.717, 1.165) is 0 Å². The normalized spacial score (nSPS) is 10.6. The van der Waals surface area contributed by atoms with E-state index in [-0.39, 0.29) is 18.0 Å². The van der Waals surface area contributed by atoms with Gasteiger partial charge in [0.15, 0.2) is 5.69 Å². The maximum Gasteiger partial charge on any atom is 0.359 e. The molecule has 2 heterocycles. The first-order valence-corrected chi connectivity index (χ1v) is 4.77. The van der Waals surface area contributed by atoms with Crippen molar-refractivity contribution in [1.29, 1.82) is 0 Å². The van der Waals surface area contributed by atoms with Crippen LogP contribution < -0.4 is 5.63 Å². The van der Waals surface area contributed by atoms with Gasteiger partial charge in [0.25, 0.3) is 0 Å². The predicted molar refractivity (Wildman–Crippen MR) is 55.2 cm³/mol. The van der Waals surface area contributed by atoms with Gasteiger partial charge in [-0.1, -0.05) is 0 Å². The van der Waals surface area contributed by atoms with Crippen LogP contribution in [-0.4, -0.2) is 22.4 Å². The molecule has 2 aromatic rings. The fourth-order valence-electron chi connectivity index (χ4n) is 1.43. The second kappa shape index (κ2) is 3.80. The average molecular weight is 222 g/mol. The molecule has 0 spiro atoms. The molecule has 0 saturated heterocycles. The van der Waals surface area contributed by atoms with Crippen LogP contribution in [0.3, 0.4) is 0 Å². The second-order valence-electron chi connectivity index (χ2n) is 3.17. The van der Waals surface area contributed by atoms with Crippen LogP contribution in [0.5, 0.6) is 0 Å². The molecule has 0 unspecified atom stereocenters. The number of aromatic nitrogens is 2. The first kappa shape index (κ1) is 10.4. The molecule has 0 atom stereocenters. The second-order valence-corrected chi connectivity index (χ2v) is 3.17. The lowest BCUT2D eigenvalue weighted by Crippen LogP contribution is -2.06. The van der Waals surface area contributed by atoms with Crippen LogP contribution in [-0.2, 0) is 11.8 Å². The molecule has 0 radical (unpaired) electrons. The van der Waals surface area contributed by atoms with E-state index in [4.69, 9.17) is 9.15 Å². The highest BCUT2D eigenvalue weighted by Crippen LogP contribution is 2.16. The van der Waals surface area contributed by atoms with Crippen LogP contribution >= 0.6 is 0 Å². The van der Waals surface area contributed by atoms with Crippen molar-refractivity contribution in [3.63, 3.8) is 0 Å². The number of fused-ring (bicyclic) bond motifs is 1. The number of carbonyl (C=O) groups excluding carboxylic acids is 1. The van der Waals surface area contributed by atoms with Crippen molar-refractivity contribution in [3.8, 4) is 0 Å². The van der Waals surface area contributed by atoms with Crippen molar-refractivity contribution in [2.24, 2.45) is 7.05 Å². The Bertz CT molecular complexity index is 596. The summed E-state index contributed by atoms with van der Waals surface area (Å²) in [6, 6.07) is 2.74. The molecule has 6 nitrogen and oxygen atoms in total. The Morgan fingerprint density at radius 1 is 1.56 bits per heavy atom. The van der Waals surface area contributed by atoms with E-state index in [1.54, 1.807) is 14.0 Å². The zero-order valence-corrected chi connectivity index (χ0v) is 8.89. The molecule has 0 bridgehead atoms. The van der Waals surface area contributed by atoms with Gasteiger partial charge in [0.1, 0.15) is 0 Å². The molecule has 0 aromatic carbocycles. The van der Waals surface area contributed by atoms with Gasteiger partial charge in [-0.15, -0.1) is 0 Å². The van der Waals surface area contributed by atoms with Crippen molar-refractivity contribution in [2.75, 3.05) is 6.61 Å². The van der Waals surface area contributed by atoms with E-state index < -0.39 is 11.6 Å². The molecule has 0 aliphatic carbocycles. The molecular formula is C10H10N2O4. The first-order valence-electron chi connectivity index (χ1n) is 4.77. The number of aryl methyl sites for hydroxylation is 1. The fourth-order valence-corrected chi connectivity index (χ4v) is 1.43. The molecule has 0 aliphatic heterocycles. The summed E-state index contributed by atoms with van der Waals surface area (Å²) < 4.78 is 11.1. The van der Waals surface area contributed by atoms with Gasteiger partial charge < -0.3 is 9.15 Å². The number of rotatable bonds is 2. The zero-order valence-electron chi connectivity index (χ0n) is 8.89. The summed E-state index contributed by atoms with van der Waals surface area (Å²) in [6.07, 6.45) is 0. The minimum absolute atomic E-state index is 0.156. The highest BCUT2D eigenvalue weighted by atomic mass is 16.5. The number of hydrogen-bond donors (Lipinski definition) is 0. The maximum absolute atomic E-state index is 11.5. The topological polar surface area (TPSA) is 74.3 Å². The van der Waals surface area contributed by atoms with Crippen LogP contribution in [0.4, 0.5) is 0 Å². The summed E-state index contributed by atoms with van der Waals surface area (Å²) in [4.78, 5) is 22.6. The SMILES string of the molecule is CCOC(=O)c1nn(C)c2oc(=O)ccc12. The van der Waals surface area contributed by atoms with E-state index in [0.29, 0.717) is 5.39 Å². The van der Waals surface area contributed by atoms with Crippen molar-refractivity contribution in [1.82, 2.24) is 9.78 Å². The first-order chi connectivity index (χ1) is 7.63. The molecule has 6 heteroatoms. The Hall–Kier alpha value is -2.11. The van der Waals surface area contributed by atoms with Gasteiger partial charge in [0.05, 0.1) is 12.0 Å². The molecule has 2 aromatic heterocycles. The molecular weight excluding hydrogens is 212 g/mol. The van der Waals surface area contributed by atoms with Gasteiger partial charge in [0, 0.05) is 13.1 Å². The van der Waals surface area contributed by atoms with Crippen molar-refractivity contribution < 1.29 is 13.9 Å². The molecule has 84 valence electrons. The molecule has 0 amide bonds. The molecule has 0 aliphatic rings. The molecule has 0 fully saturated rings. The summed E-state index contributed by atoms with van der Waals surface area (Å²) in [6.45, 7) is 1.98. The smallest absolute Gasteiger partial charge is 0.359 e. The summed E-state index contributed by atoms with van der Waals surface area (Å²) in [5, 5.41) is 4.43. The van der Waals surface area contributed by atoms with Crippen LogP contribution in [0.25, 0.3) is 11.1 Å². The highest BCUT2D eigenvalue weighted by molar-refractivity contribution is 6.00. The zero-order chi connectivity index (χ0) is 11.7. The lowest BCUT2D eigenvalue weighted by atomic mass is 10.3. The van der Waals surface area contributed by atoms with Gasteiger partial charge >= 0.3 is 11.6 Å². The van der Waals surface area contributed by atoms with Gasteiger partial charge in [-0.2, -0.15) is 5.10 Å².